The maximum Gasteiger partial charge on any atom is 0.129 e. The number of benzene rings is 1. The molecule has 1 nitrogen and oxygen atoms in total. The van der Waals surface area contributed by atoms with Gasteiger partial charge in [-0.15, -0.1) is 11.8 Å². The average molecular weight is 241 g/mol. The summed E-state index contributed by atoms with van der Waals surface area (Å²) in [5.41, 5.74) is 6.45. The van der Waals surface area contributed by atoms with Crippen molar-refractivity contribution in [2.24, 2.45) is 11.7 Å². The molecule has 0 spiro atoms. The van der Waals surface area contributed by atoms with Gasteiger partial charge in [-0.2, -0.15) is 0 Å². The smallest absolute Gasteiger partial charge is 0.129 e. The van der Waals surface area contributed by atoms with E-state index in [4.69, 9.17) is 5.73 Å². The lowest BCUT2D eigenvalue weighted by Gasteiger charge is -2.14. The first kappa shape index (κ1) is 13.5. The molecule has 0 radical (unpaired) electrons. The molecule has 0 saturated carbocycles. The fourth-order valence-electron chi connectivity index (χ4n) is 1.43. The van der Waals surface area contributed by atoms with Gasteiger partial charge in [0.05, 0.1) is 0 Å². The minimum Gasteiger partial charge on any atom is -0.324 e. The number of nitrogens with two attached hydrogens (primary N) is 1. The Hall–Kier alpha value is -0.540. The highest BCUT2D eigenvalue weighted by Crippen LogP contribution is 2.30. The van der Waals surface area contributed by atoms with E-state index < -0.39 is 0 Å². The van der Waals surface area contributed by atoms with E-state index in [-0.39, 0.29) is 11.9 Å². The zero-order chi connectivity index (χ0) is 12.1. The van der Waals surface area contributed by atoms with Crippen molar-refractivity contribution >= 4 is 11.8 Å². The van der Waals surface area contributed by atoms with E-state index in [1.807, 2.05) is 13.0 Å². The van der Waals surface area contributed by atoms with Crippen LogP contribution in [-0.2, 0) is 0 Å². The Bertz CT molecular complexity index is 339. The first-order valence-electron chi connectivity index (χ1n) is 5.73. The van der Waals surface area contributed by atoms with E-state index in [0.29, 0.717) is 11.5 Å². The summed E-state index contributed by atoms with van der Waals surface area (Å²) in [4.78, 5) is 0.982. The molecule has 16 heavy (non-hydrogen) atoms. The van der Waals surface area contributed by atoms with Gasteiger partial charge in [-0.3, -0.25) is 0 Å². The summed E-state index contributed by atoms with van der Waals surface area (Å²) in [5, 5.41) is 0. The van der Waals surface area contributed by atoms with Crippen LogP contribution in [0.5, 0.6) is 0 Å². The molecule has 2 atom stereocenters. The van der Waals surface area contributed by atoms with Crippen LogP contribution in [0.3, 0.4) is 0 Å². The number of hydrogen-bond donors (Lipinski definition) is 1. The van der Waals surface area contributed by atoms with E-state index in [1.54, 1.807) is 17.8 Å². The maximum atomic E-state index is 13.6. The highest BCUT2D eigenvalue weighted by atomic mass is 32.2. The van der Waals surface area contributed by atoms with E-state index in [9.17, 15) is 4.39 Å². The van der Waals surface area contributed by atoms with Gasteiger partial charge in [0.25, 0.3) is 0 Å². The molecule has 0 bridgehead atoms. The molecule has 0 aromatic heterocycles. The average Bonchev–Trinajstić information content (AvgIpc) is 2.25. The number of thioether (sulfide) groups is 1. The van der Waals surface area contributed by atoms with Crippen LogP contribution in [0.2, 0.25) is 0 Å². The van der Waals surface area contributed by atoms with Crippen molar-refractivity contribution in [2.75, 3.05) is 5.75 Å². The van der Waals surface area contributed by atoms with E-state index >= 15 is 0 Å². The summed E-state index contributed by atoms with van der Waals surface area (Å²) >= 11 is 1.70. The fourth-order valence-corrected chi connectivity index (χ4v) is 2.75. The number of hydrogen-bond acceptors (Lipinski definition) is 2. The summed E-state index contributed by atoms with van der Waals surface area (Å²) in [6.45, 7) is 6.20. The quantitative estimate of drug-likeness (QED) is 0.789. The molecule has 0 fully saturated rings. The second-order valence-corrected chi connectivity index (χ2v) is 5.33. The molecule has 1 rings (SSSR count). The minimum absolute atomic E-state index is 0.191. The lowest BCUT2D eigenvalue weighted by molar-refractivity contribution is 0.585. The van der Waals surface area contributed by atoms with Crippen molar-refractivity contribution in [3.05, 3.63) is 29.6 Å². The van der Waals surface area contributed by atoms with Gasteiger partial charge >= 0.3 is 0 Å². The van der Waals surface area contributed by atoms with Crippen molar-refractivity contribution < 1.29 is 4.39 Å². The summed E-state index contributed by atoms with van der Waals surface area (Å²) < 4.78 is 13.6. The van der Waals surface area contributed by atoms with Gasteiger partial charge in [-0.1, -0.05) is 26.3 Å². The van der Waals surface area contributed by atoms with Crippen molar-refractivity contribution in [3.63, 3.8) is 0 Å². The Kier molecular flexibility index (Phi) is 5.29. The molecule has 0 amide bonds. The molecule has 0 saturated heterocycles. The van der Waals surface area contributed by atoms with Crippen LogP contribution in [0, 0.1) is 11.7 Å². The molecule has 0 aliphatic rings. The molecule has 2 N–H and O–H groups in total. The zero-order valence-corrected chi connectivity index (χ0v) is 11.0. The van der Waals surface area contributed by atoms with Crippen LogP contribution in [0.15, 0.2) is 23.1 Å². The predicted molar refractivity (Wildman–Crippen MR) is 69.2 cm³/mol. The largest absolute Gasteiger partial charge is 0.324 e. The normalized spacial score (nSPS) is 14.8. The topological polar surface area (TPSA) is 26.0 Å². The van der Waals surface area contributed by atoms with Crippen LogP contribution in [0.4, 0.5) is 4.39 Å². The molecule has 0 heterocycles. The Morgan fingerprint density at radius 1 is 1.38 bits per heavy atom. The van der Waals surface area contributed by atoms with E-state index in [0.717, 1.165) is 17.1 Å². The highest BCUT2D eigenvalue weighted by Gasteiger charge is 2.13. The van der Waals surface area contributed by atoms with Crippen molar-refractivity contribution in [1.82, 2.24) is 0 Å². The van der Waals surface area contributed by atoms with E-state index in [1.165, 1.54) is 6.07 Å². The molecule has 1 unspecified atom stereocenters. The molecular weight excluding hydrogens is 221 g/mol. The first-order chi connectivity index (χ1) is 7.56. The van der Waals surface area contributed by atoms with Crippen molar-refractivity contribution in [2.45, 2.75) is 38.1 Å². The highest BCUT2D eigenvalue weighted by molar-refractivity contribution is 7.99. The minimum atomic E-state index is -0.249. The fraction of sp³-hybridized carbons (Fsp3) is 0.538. The van der Waals surface area contributed by atoms with Crippen LogP contribution in [0.1, 0.15) is 38.8 Å². The third kappa shape index (κ3) is 3.49. The van der Waals surface area contributed by atoms with Crippen LogP contribution < -0.4 is 5.73 Å². The third-order valence-corrected chi connectivity index (χ3v) is 4.09. The molecule has 1 aromatic carbocycles. The monoisotopic (exact) mass is 241 g/mol. The Labute approximate surface area is 102 Å². The molecule has 1 aromatic rings. The maximum absolute atomic E-state index is 13.6. The standard InChI is InChI=1S/C13H20FNS/c1-4-9(2)8-16-12-7-5-6-11(14)13(12)10(3)15/h5-7,9-10H,4,8,15H2,1-3H3/t9?,10-/m1/s1. The first-order valence-corrected chi connectivity index (χ1v) is 6.71. The second-order valence-electron chi connectivity index (χ2n) is 4.26. The predicted octanol–water partition coefficient (Wildman–Crippen LogP) is 3.98. The molecule has 0 aliphatic carbocycles. The van der Waals surface area contributed by atoms with Crippen molar-refractivity contribution in [1.29, 1.82) is 0 Å². The second kappa shape index (κ2) is 6.26. The van der Waals surface area contributed by atoms with Crippen LogP contribution in [-0.4, -0.2) is 5.75 Å². The number of halogens is 1. The Morgan fingerprint density at radius 3 is 2.62 bits per heavy atom. The number of rotatable bonds is 5. The summed E-state index contributed by atoms with van der Waals surface area (Å²) in [6, 6.07) is 4.93. The lowest BCUT2D eigenvalue weighted by atomic mass is 10.1. The Balaban J connectivity index is 2.83. The van der Waals surface area contributed by atoms with Gasteiger partial charge in [-0.25, -0.2) is 4.39 Å². The van der Waals surface area contributed by atoms with Crippen molar-refractivity contribution in [3.8, 4) is 0 Å². The zero-order valence-electron chi connectivity index (χ0n) is 10.2. The van der Waals surface area contributed by atoms with Gasteiger partial charge in [0.2, 0.25) is 0 Å². The molecule has 0 aliphatic heterocycles. The van der Waals surface area contributed by atoms with Gasteiger partial charge in [-0.05, 0) is 25.0 Å². The molecular formula is C13H20FNS. The van der Waals surface area contributed by atoms with Crippen LogP contribution >= 0.6 is 11.8 Å². The third-order valence-electron chi connectivity index (χ3n) is 2.69. The lowest BCUT2D eigenvalue weighted by Crippen LogP contribution is -2.09. The van der Waals surface area contributed by atoms with Gasteiger partial charge < -0.3 is 5.73 Å². The van der Waals surface area contributed by atoms with E-state index in [2.05, 4.69) is 13.8 Å². The van der Waals surface area contributed by atoms with Gasteiger partial charge in [0.1, 0.15) is 5.82 Å². The summed E-state index contributed by atoms with van der Waals surface area (Å²) in [5.74, 6) is 1.47. The summed E-state index contributed by atoms with van der Waals surface area (Å²) in [6.07, 6.45) is 1.15. The molecule has 3 heteroatoms. The van der Waals surface area contributed by atoms with Gasteiger partial charge in [0.15, 0.2) is 0 Å². The van der Waals surface area contributed by atoms with Crippen LogP contribution in [0.25, 0.3) is 0 Å². The molecule has 90 valence electrons. The SMILES string of the molecule is CCC(C)CSc1cccc(F)c1[C@@H](C)N. The Morgan fingerprint density at radius 2 is 2.06 bits per heavy atom. The van der Waals surface area contributed by atoms with Gasteiger partial charge in [0, 0.05) is 22.3 Å². The summed E-state index contributed by atoms with van der Waals surface area (Å²) in [7, 11) is 0.